The zero-order chi connectivity index (χ0) is 27.5. The van der Waals surface area contributed by atoms with Gasteiger partial charge in [-0.25, -0.2) is 15.0 Å². The van der Waals surface area contributed by atoms with Crippen molar-refractivity contribution in [3.05, 3.63) is 77.1 Å². The first-order valence-corrected chi connectivity index (χ1v) is 14.0. The lowest BCUT2D eigenvalue weighted by atomic mass is 9.96. The number of hydrogen-bond donors (Lipinski definition) is 3. The minimum atomic E-state index is -0.389. The van der Waals surface area contributed by atoms with Crippen molar-refractivity contribution in [1.82, 2.24) is 30.6 Å². The maximum atomic E-state index is 11.9. The number of para-hydroxylation sites is 1. The number of anilines is 2. The molecule has 3 aromatic heterocycles. The normalized spacial score (nSPS) is 17.1. The van der Waals surface area contributed by atoms with Gasteiger partial charge in [-0.15, -0.1) is 0 Å². The van der Waals surface area contributed by atoms with Gasteiger partial charge < -0.3 is 16.0 Å². The maximum absolute atomic E-state index is 11.9. The molecule has 2 fully saturated rings. The van der Waals surface area contributed by atoms with Gasteiger partial charge in [-0.1, -0.05) is 24.3 Å². The van der Waals surface area contributed by atoms with E-state index in [1.165, 1.54) is 0 Å². The molecule has 40 heavy (non-hydrogen) atoms. The van der Waals surface area contributed by atoms with Crippen LogP contribution < -0.4 is 21.3 Å². The smallest absolute Gasteiger partial charge is 0.290 e. The predicted octanol–water partition coefficient (Wildman–Crippen LogP) is 4.00. The molecule has 2 saturated heterocycles. The molecule has 6 rings (SSSR count). The van der Waals surface area contributed by atoms with E-state index in [1.54, 1.807) is 18.3 Å². The minimum absolute atomic E-state index is 0.344. The highest BCUT2D eigenvalue weighted by molar-refractivity contribution is 8.18. The Hall–Kier alpha value is -4.35. The van der Waals surface area contributed by atoms with Crippen LogP contribution in [0.5, 0.6) is 0 Å². The van der Waals surface area contributed by atoms with Crippen molar-refractivity contribution in [2.45, 2.75) is 19.4 Å². The lowest BCUT2D eigenvalue weighted by Crippen LogP contribution is -2.38. The third kappa shape index (κ3) is 5.65. The first-order valence-electron chi connectivity index (χ1n) is 13.2. The van der Waals surface area contributed by atoms with Crippen LogP contribution in [-0.4, -0.2) is 50.7 Å². The van der Waals surface area contributed by atoms with E-state index in [4.69, 9.17) is 10.7 Å². The molecular formula is C29H28N8O2S. The van der Waals surface area contributed by atoms with Crippen LogP contribution in [0.1, 0.15) is 24.1 Å². The third-order valence-electron chi connectivity index (χ3n) is 7.14. The summed E-state index contributed by atoms with van der Waals surface area (Å²) in [5.74, 6) is 1.27. The molecule has 2 aliphatic heterocycles. The average molecular weight is 553 g/mol. The number of carbonyl (C=O) groups excluding carboxylic acids is 2. The number of imide groups is 1. The molecule has 0 atom stereocenters. The van der Waals surface area contributed by atoms with Crippen LogP contribution in [-0.2, 0) is 11.3 Å². The SMILES string of the molecule is Nc1ccc(CNCC2CCN(c3nccc(/C=C4\SC(=O)NC4=O)n3)CC2)c(-c2ccnc3ccccc23)n1. The minimum Gasteiger partial charge on any atom is -0.384 e. The zero-order valence-corrected chi connectivity index (χ0v) is 22.5. The number of rotatable bonds is 7. The van der Waals surface area contributed by atoms with E-state index in [9.17, 15) is 9.59 Å². The van der Waals surface area contributed by atoms with E-state index >= 15 is 0 Å². The molecule has 202 valence electrons. The molecule has 0 radical (unpaired) electrons. The summed E-state index contributed by atoms with van der Waals surface area (Å²) >= 11 is 0.884. The summed E-state index contributed by atoms with van der Waals surface area (Å²) in [6, 6.07) is 15.7. The summed E-state index contributed by atoms with van der Waals surface area (Å²) in [4.78, 5) is 44.0. The van der Waals surface area contributed by atoms with Crippen LogP contribution >= 0.6 is 11.8 Å². The van der Waals surface area contributed by atoms with E-state index in [2.05, 4.69) is 36.6 Å². The third-order valence-corrected chi connectivity index (χ3v) is 7.95. The Morgan fingerprint density at radius 1 is 1.02 bits per heavy atom. The average Bonchev–Trinajstić information content (AvgIpc) is 3.29. The molecule has 0 saturated carbocycles. The molecule has 2 aliphatic rings. The zero-order valence-electron chi connectivity index (χ0n) is 21.7. The molecule has 0 bridgehead atoms. The molecule has 0 aliphatic carbocycles. The molecule has 0 spiro atoms. The van der Waals surface area contributed by atoms with Gasteiger partial charge in [-0.2, -0.15) is 0 Å². The van der Waals surface area contributed by atoms with E-state index in [-0.39, 0.29) is 11.1 Å². The number of nitrogens with one attached hydrogen (secondary N) is 2. The second-order valence-corrected chi connectivity index (χ2v) is 10.8. The monoisotopic (exact) mass is 552 g/mol. The van der Waals surface area contributed by atoms with Gasteiger partial charge in [-0.3, -0.25) is 19.9 Å². The van der Waals surface area contributed by atoms with Crippen molar-refractivity contribution in [2.75, 3.05) is 30.3 Å². The number of hydrogen-bond acceptors (Lipinski definition) is 10. The van der Waals surface area contributed by atoms with Crippen molar-refractivity contribution < 1.29 is 9.59 Å². The van der Waals surface area contributed by atoms with E-state index < -0.39 is 0 Å². The summed E-state index contributed by atoms with van der Waals surface area (Å²) < 4.78 is 0. The Morgan fingerprint density at radius 3 is 2.67 bits per heavy atom. The Morgan fingerprint density at radius 2 is 1.85 bits per heavy atom. The highest BCUT2D eigenvalue weighted by atomic mass is 32.2. The van der Waals surface area contributed by atoms with E-state index in [0.29, 0.717) is 34.8 Å². The molecule has 2 amide bonds. The fraction of sp³-hybridized carbons (Fsp3) is 0.241. The number of benzene rings is 1. The summed E-state index contributed by atoms with van der Waals surface area (Å²) in [5.41, 5.74) is 10.6. The highest BCUT2D eigenvalue weighted by Gasteiger charge is 2.26. The van der Waals surface area contributed by atoms with E-state index in [1.807, 2.05) is 42.6 Å². The van der Waals surface area contributed by atoms with Crippen molar-refractivity contribution in [1.29, 1.82) is 0 Å². The fourth-order valence-corrected chi connectivity index (χ4v) is 5.75. The molecule has 10 nitrogen and oxygen atoms in total. The Balaban J connectivity index is 1.07. The van der Waals surface area contributed by atoms with Crippen LogP contribution in [0.15, 0.2) is 65.8 Å². The molecule has 5 heterocycles. The summed E-state index contributed by atoms with van der Waals surface area (Å²) in [7, 11) is 0. The van der Waals surface area contributed by atoms with Gasteiger partial charge in [0.25, 0.3) is 11.1 Å². The number of nitrogen functional groups attached to an aromatic ring is 1. The Bertz CT molecular complexity index is 1610. The first kappa shape index (κ1) is 25.9. The number of amides is 2. The van der Waals surface area contributed by atoms with E-state index in [0.717, 1.165) is 72.0 Å². The molecule has 0 unspecified atom stereocenters. The quantitative estimate of drug-likeness (QED) is 0.288. The molecule has 1 aromatic carbocycles. The van der Waals surface area contributed by atoms with Gasteiger partial charge in [0.05, 0.1) is 21.8 Å². The predicted molar refractivity (Wildman–Crippen MR) is 157 cm³/mol. The van der Waals surface area contributed by atoms with Gasteiger partial charge in [0.1, 0.15) is 5.82 Å². The van der Waals surface area contributed by atoms with Gasteiger partial charge in [0, 0.05) is 43.0 Å². The lowest BCUT2D eigenvalue weighted by Gasteiger charge is -2.32. The maximum Gasteiger partial charge on any atom is 0.290 e. The number of aromatic nitrogens is 4. The summed E-state index contributed by atoms with van der Waals surface area (Å²) in [5, 5.41) is 6.59. The number of piperidine rings is 1. The van der Waals surface area contributed by atoms with Gasteiger partial charge in [-0.05, 0) is 73.0 Å². The second-order valence-electron chi connectivity index (χ2n) is 9.81. The van der Waals surface area contributed by atoms with Crippen LogP contribution in [0.3, 0.4) is 0 Å². The van der Waals surface area contributed by atoms with Crippen LogP contribution in [0.25, 0.3) is 28.2 Å². The van der Waals surface area contributed by atoms with Gasteiger partial charge >= 0.3 is 0 Å². The lowest BCUT2D eigenvalue weighted by molar-refractivity contribution is -0.115. The molecule has 4 N–H and O–H groups in total. The first-order chi connectivity index (χ1) is 19.5. The van der Waals surface area contributed by atoms with Crippen molar-refractivity contribution in [2.24, 2.45) is 5.92 Å². The number of carbonyl (C=O) groups is 2. The van der Waals surface area contributed by atoms with Crippen LogP contribution in [0.4, 0.5) is 16.6 Å². The van der Waals surface area contributed by atoms with Gasteiger partial charge in [0.15, 0.2) is 0 Å². The van der Waals surface area contributed by atoms with Crippen molar-refractivity contribution >= 4 is 51.7 Å². The number of nitrogens with two attached hydrogens (primary N) is 1. The van der Waals surface area contributed by atoms with Crippen LogP contribution in [0.2, 0.25) is 0 Å². The number of thioether (sulfide) groups is 1. The molecular weight excluding hydrogens is 524 g/mol. The Kier molecular flexibility index (Phi) is 7.39. The standard InChI is InChI=1S/C29H28N8O2S/c30-25-6-5-19(26(35-25)22-8-12-32-23-4-2-1-3-21(22)23)17-31-16-18-9-13-37(14-10-18)28-33-11-7-20(34-28)15-24-27(38)36-29(39)40-24/h1-8,11-12,15,18,31H,9-10,13-14,16-17H2,(H2,30,35)(H,36,38,39)/b24-15-. The summed E-state index contributed by atoms with van der Waals surface area (Å²) in [6.07, 6.45) is 7.15. The largest absolute Gasteiger partial charge is 0.384 e. The Labute approximate surface area is 235 Å². The van der Waals surface area contributed by atoms with Gasteiger partial charge in [0.2, 0.25) is 5.95 Å². The molecule has 11 heteroatoms. The second kappa shape index (κ2) is 11.4. The van der Waals surface area contributed by atoms with Crippen LogP contribution in [0, 0.1) is 5.92 Å². The fourth-order valence-electron chi connectivity index (χ4n) is 5.08. The summed E-state index contributed by atoms with van der Waals surface area (Å²) in [6.45, 7) is 3.27. The van der Waals surface area contributed by atoms with Crippen molar-refractivity contribution in [3.63, 3.8) is 0 Å². The number of fused-ring (bicyclic) bond motifs is 1. The number of nitrogens with zero attached hydrogens (tertiary/aromatic N) is 5. The molecule has 4 aromatic rings. The van der Waals surface area contributed by atoms with Crippen molar-refractivity contribution in [3.8, 4) is 11.3 Å². The highest BCUT2D eigenvalue weighted by Crippen LogP contribution is 2.30. The number of pyridine rings is 2. The topological polar surface area (TPSA) is 139 Å².